The summed E-state index contributed by atoms with van der Waals surface area (Å²) >= 11 is 0. The molecule has 0 saturated heterocycles. The third-order valence-electron chi connectivity index (χ3n) is 6.84. The molecule has 0 aliphatic heterocycles. The number of imidazole rings is 1. The van der Waals surface area contributed by atoms with Crippen molar-refractivity contribution in [2.45, 2.75) is 58.5 Å². The first-order valence-electron chi connectivity index (χ1n) is 11.7. The van der Waals surface area contributed by atoms with Crippen LogP contribution in [0.15, 0.2) is 53.7 Å². The molecule has 0 spiro atoms. The van der Waals surface area contributed by atoms with Gasteiger partial charge in [-0.05, 0) is 59.6 Å². The summed E-state index contributed by atoms with van der Waals surface area (Å²) in [4.78, 5) is 17.9. The highest BCUT2D eigenvalue weighted by Crippen LogP contribution is 2.37. The maximum Gasteiger partial charge on any atom is 0.328 e. The number of pyridine rings is 1. The van der Waals surface area contributed by atoms with E-state index in [4.69, 9.17) is 0 Å². The molecule has 3 aromatic heterocycles. The van der Waals surface area contributed by atoms with Crippen LogP contribution in [-0.4, -0.2) is 34.7 Å². The molecule has 170 valence electrons. The highest BCUT2D eigenvalue weighted by atomic mass is 16.1. The van der Waals surface area contributed by atoms with E-state index in [1.54, 1.807) is 6.20 Å². The number of aromatic amines is 1. The molecule has 5 rings (SSSR count). The fourth-order valence-electron chi connectivity index (χ4n) is 4.75. The summed E-state index contributed by atoms with van der Waals surface area (Å²) in [5.41, 5.74) is 5.07. The zero-order valence-corrected chi connectivity index (χ0v) is 19.1. The standard InChI is InChI=1S/C25H29N7O/c1-3-4-7-19-16-32(23-11-10-17(23)2)25(33)31(19)15-18-14-26-13-12-20(18)21-8-5-6-9-22(21)24-27-29-30-28-24/h5-6,8-9,12-14,16-17,23H,3-4,7,10-11,15H2,1-2H3,(H,27,28,29,30). The lowest BCUT2D eigenvalue weighted by Crippen LogP contribution is -2.35. The normalized spacial score (nSPS) is 17.8. The third kappa shape index (κ3) is 4.01. The molecule has 8 heteroatoms. The molecule has 3 heterocycles. The second kappa shape index (κ2) is 9.13. The van der Waals surface area contributed by atoms with Crippen LogP contribution in [0, 0.1) is 5.92 Å². The van der Waals surface area contributed by atoms with Crippen LogP contribution >= 0.6 is 0 Å². The monoisotopic (exact) mass is 443 g/mol. The predicted octanol–water partition coefficient (Wildman–Crippen LogP) is 4.25. The Balaban J connectivity index is 1.57. The van der Waals surface area contributed by atoms with Gasteiger partial charge in [0.15, 0.2) is 0 Å². The summed E-state index contributed by atoms with van der Waals surface area (Å²) in [5.74, 6) is 1.09. The largest absolute Gasteiger partial charge is 0.328 e. The average molecular weight is 444 g/mol. The molecule has 1 aliphatic rings. The van der Waals surface area contributed by atoms with E-state index in [0.717, 1.165) is 53.6 Å². The molecule has 8 nitrogen and oxygen atoms in total. The molecule has 1 fully saturated rings. The highest BCUT2D eigenvalue weighted by molar-refractivity contribution is 5.81. The number of nitrogens with one attached hydrogen (secondary N) is 1. The average Bonchev–Trinajstić information content (AvgIpc) is 3.47. The van der Waals surface area contributed by atoms with Gasteiger partial charge in [0.2, 0.25) is 5.82 Å². The number of aromatic nitrogens is 7. The van der Waals surface area contributed by atoms with Crippen LogP contribution in [0.5, 0.6) is 0 Å². The Bertz CT molecular complexity index is 1290. The lowest BCUT2D eigenvalue weighted by atomic mass is 9.81. The Labute approximate surface area is 192 Å². The number of H-pyrrole nitrogens is 1. The Morgan fingerprint density at radius 2 is 1.97 bits per heavy atom. The van der Waals surface area contributed by atoms with Gasteiger partial charge in [-0.15, -0.1) is 10.2 Å². The highest BCUT2D eigenvalue weighted by Gasteiger charge is 2.31. The number of rotatable bonds is 8. The van der Waals surface area contributed by atoms with Crippen molar-refractivity contribution in [3.05, 3.63) is 70.7 Å². The number of aryl methyl sites for hydroxylation is 1. The van der Waals surface area contributed by atoms with E-state index in [-0.39, 0.29) is 5.69 Å². The van der Waals surface area contributed by atoms with Crippen LogP contribution < -0.4 is 5.69 Å². The maximum atomic E-state index is 13.5. The minimum atomic E-state index is 0.0823. The summed E-state index contributed by atoms with van der Waals surface area (Å²) in [6.45, 7) is 4.90. The van der Waals surface area contributed by atoms with E-state index in [1.807, 2.05) is 45.7 Å². The van der Waals surface area contributed by atoms with Gasteiger partial charge in [0.1, 0.15) is 0 Å². The zero-order valence-electron chi connectivity index (χ0n) is 19.1. The zero-order chi connectivity index (χ0) is 22.8. The molecule has 1 aromatic carbocycles. The fraction of sp³-hybridized carbons (Fsp3) is 0.400. The van der Waals surface area contributed by atoms with Crippen molar-refractivity contribution in [2.24, 2.45) is 5.92 Å². The van der Waals surface area contributed by atoms with Crippen LogP contribution in [-0.2, 0) is 13.0 Å². The van der Waals surface area contributed by atoms with Crippen LogP contribution in [0.25, 0.3) is 22.5 Å². The van der Waals surface area contributed by atoms with Crippen molar-refractivity contribution in [3.8, 4) is 22.5 Å². The molecule has 0 amide bonds. The number of hydrogen-bond donors (Lipinski definition) is 1. The Morgan fingerprint density at radius 3 is 2.67 bits per heavy atom. The van der Waals surface area contributed by atoms with Crippen molar-refractivity contribution in [1.82, 2.24) is 34.7 Å². The topological polar surface area (TPSA) is 94.3 Å². The van der Waals surface area contributed by atoms with Gasteiger partial charge < -0.3 is 0 Å². The summed E-state index contributed by atoms with van der Waals surface area (Å²) in [5, 5.41) is 14.6. The van der Waals surface area contributed by atoms with Crippen molar-refractivity contribution >= 4 is 0 Å². The summed E-state index contributed by atoms with van der Waals surface area (Å²) in [6, 6.07) is 10.3. The lowest BCUT2D eigenvalue weighted by Gasteiger charge is -2.34. The van der Waals surface area contributed by atoms with Gasteiger partial charge in [0, 0.05) is 35.9 Å². The van der Waals surface area contributed by atoms with Gasteiger partial charge in [-0.3, -0.25) is 14.1 Å². The number of tetrazole rings is 1. The van der Waals surface area contributed by atoms with Crippen LogP contribution in [0.4, 0.5) is 0 Å². The molecule has 2 atom stereocenters. The molecule has 0 radical (unpaired) electrons. The van der Waals surface area contributed by atoms with Gasteiger partial charge in [0.25, 0.3) is 0 Å². The van der Waals surface area contributed by atoms with E-state index in [9.17, 15) is 4.79 Å². The molecule has 1 N–H and O–H groups in total. The van der Waals surface area contributed by atoms with Gasteiger partial charge in [-0.25, -0.2) is 4.79 Å². The minimum Gasteiger partial charge on any atom is -0.296 e. The SMILES string of the molecule is CCCCc1cn(C2CCC2C)c(=O)n1Cc1cnccc1-c1ccccc1-c1nn[nH]n1. The molecular formula is C25H29N7O. The lowest BCUT2D eigenvalue weighted by molar-refractivity contribution is 0.196. The van der Waals surface area contributed by atoms with Crippen LogP contribution in [0.2, 0.25) is 0 Å². The van der Waals surface area contributed by atoms with Crippen molar-refractivity contribution in [3.63, 3.8) is 0 Å². The summed E-state index contributed by atoms with van der Waals surface area (Å²) < 4.78 is 3.92. The van der Waals surface area contributed by atoms with Gasteiger partial charge in [0.05, 0.1) is 6.54 Å². The second-order valence-corrected chi connectivity index (χ2v) is 8.94. The smallest absolute Gasteiger partial charge is 0.296 e. The Hall–Kier alpha value is -3.55. The maximum absolute atomic E-state index is 13.5. The van der Waals surface area contributed by atoms with Gasteiger partial charge >= 0.3 is 5.69 Å². The minimum absolute atomic E-state index is 0.0823. The second-order valence-electron chi connectivity index (χ2n) is 8.94. The first-order chi connectivity index (χ1) is 16.2. The Kier molecular flexibility index (Phi) is 5.90. The first-order valence-corrected chi connectivity index (χ1v) is 11.7. The molecule has 0 bridgehead atoms. The molecule has 4 aromatic rings. The molecule has 2 unspecified atom stereocenters. The van der Waals surface area contributed by atoms with Gasteiger partial charge in [-0.2, -0.15) is 5.21 Å². The van der Waals surface area contributed by atoms with E-state index in [0.29, 0.717) is 24.3 Å². The fourth-order valence-corrected chi connectivity index (χ4v) is 4.75. The third-order valence-corrected chi connectivity index (χ3v) is 6.84. The number of benzene rings is 1. The molecule has 1 saturated carbocycles. The van der Waals surface area contributed by atoms with E-state index < -0.39 is 0 Å². The van der Waals surface area contributed by atoms with Crippen LogP contribution in [0.1, 0.15) is 56.8 Å². The van der Waals surface area contributed by atoms with Crippen molar-refractivity contribution < 1.29 is 0 Å². The summed E-state index contributed by atoms with van der Waals surface area (Å²) in [7, 11) is 0. The quantitative estimate of drug-likeness (QED) is 0.439. The first kappa shape index (κ1) is 21.3. The van der Waals surface area contributed by atoms with E-state index in [2.05, 4.69) is 45.7 Å². The molecule has 33 heavy (non-hydrogen) atoms. The predicted molar refractivity (Wildman–Crippen MR) is 127 cm³/mol. The molecule has 1 aliphatic carbocycles. The number of hydrogen-bond acceptors (Lipinski definition) is 5. The van der Waals surface area contributed by atoms with E-state index >= 15 is 0 Å². The number of unbranched alkanes of at least 4 members (excludes halogenated alkanes) is 1. The van der Waals surface area contributed by atoms with Crippen molar-refractivity contribution in [1.29, 1.82) is 0 Å². The number of nitrogens with zero attached hydrogens (tertiary/aromatic N) is 6. The van der Waals surface area contributed by atoms with Gasteiger partial charge in [-0.1, -0.05) is 44.5 Å². The van der Waals surface area contributed by atoms with Crippen LogP contribution in [0.3, 0.4) is 0 Å². The Morgan fingerprint density at radius 1 is 1.12 bits per heavy atom. The molecular weight excluding hydrogens is 414 g/mol. The van der Waals surface area contributed by atoms with E-state index in [1.165, 1.54) is 6.42 Å². The summed E-state index contributed by atoms with van der Waals surface area (Å²) in [6.07, 6.45) is 11.1. The van der Waals surface area contributed by atoms with Crippen molar-refractivity contribution in [2.75, 3.05) is 0 Å².